The molecule has 1 unspecified atom stereocenters. The summed E-state index contributed by atoms with van der Waals surface area (Å²) in [4.78, 5) is 4.54. The van der Waals surface area contributed by atoms with Crippen molar-refractivity contribution >= 4 is 33.2 Å². The van der Waals surface area contributed by atoms with Crippen molar-refractivity contribution in [2.24, 2.45) is 11.7 Å². The number of benzene rings is 1. The minimum Gasteiger partial charge on any atom is -0.322 e. The van der Waals surface area contributed by atoms with Gasteiger partial charge in [-0.3, -0.25) is 0 Å². The van der Waals surface area contributed by atoms with Gasteiger partial charge in [0.25, 0.3) is 0 Å². The Morgan fingerprint density at radius 2 is 2.19 bits per heavy atom. The second-order valence-electron chi connectivity index (χ2n) is 4.38. The van der Waals surface area contributed by atoms with Crippen molar-refractivity contribution in [1.82, 2.24) is 4.98 Å². The van der Waals surface area contributed by atoms with Gasteiger partial charge in [-0.15, -0.1) is 11.3 Å². The second-order valence-corrected chi connectivity index (χ2v) is 5.81. The van der Waals surface area contributed by atoms with Crippen molar-refractivity contribution in [2.45, 2.75) is 26.3 Å². The molecule has 1 atom stereocenters. The van der Waals surface area contributed by atoms with E-state index in [1.54, 1.807) is 11.3 Å². The lowest BCUT2D eigenvalue weighted by atomic mass is 10.1. The van der Waals surface area contributed by atoms with E-state index in [1.807, 2.05) is 18.2 Å². The number of halogens is 1. The summed E-state index contributed by atoms with van der Waals surface area (Å²) < 4.78 is 1.04. The normalized spacial score (nSPS) is 13.6. The van der Waals surface area contributed by atoms with E-state index in [-0.39, 0.29) is 6.04 Å². The van der Waals surface area contributed by atoms with E-state index in [2.05, 4.69) is 18.8 Å². The molecular formula is C12H15ClN2S. The molecule has 0 fully saturated rings. The maximum absolute atomic E-state index is 6.11. The number of rotatable bonds is 3. The van der Waals surface area contributed by atoms with Crippen LogP contribution in [0.2, 0.25) is 5.02 Å². The zero-order valence-electron chi connectivity index (χ0n) is 9.40. The molecule has 16 heavy (non-hydrogen) atoms. The van der Waals surface area contributed by atoms with Crippen molar-refractivity contribution < 1.29 is 0 Å². The van der Waals surface area contributed by atoms with Gasteiger partial charge >= 0.3 is 0 Å². The van der Waals surface area contributed by atoms with Gasteiger partial charge in [0.05, 0.1) is 21.3 Å². The van der Waals surface area contributed by atoms with Gasteiger partial charge < -0.3 is 5.73 Å². The fraction of sp³-hybridized carbons (Fsp3) is 0.417. The maximum Gasteiger partial charge on any atom is 0.111 e. The Kier molecular flexibility index (Phi) is 3.47. The average Bonchev–Trinajstić information content (AvgIpc) is 2.61. The summed E-state index contributed by atoms with van der Waals surface area (Å²) in [5.74, 6) is 0.581. The van der Waals surface area contributed by atoms with E-state index in [4.69, 9.17) is 17.3 Å². The quantitative estimate of drug-likeness (QED) is 0.899. The van der Waals surface area contributed by atoms with Crippen LogP contribution in [0, 0.1) is 5.92 Å². The molecule has 4 heteroatoms. The number of hydrogen-bond acceptors (Lipinski definition) is 3. The van der Waals surface area contributed by atoms with Gasteiger partial charge in [-0.05, 0) is 24.5 Å². The molecule has 0 amide bonds. The SMILES string of the molecule is CC(C)CC(N)c1nc2cccc(Cl)c2s1. The van der Waals surface area contributed by atoms with Crippen molar-refractivity contribution in [3.8, 4) is 0 Å². The number of thiazole rings is 1. The maximum atomic E-state index is 6.11. The van der Waals surface area contributed by atoms with Crippen LogP contribution in [0.4, 0.5) is 0 Å². The number of nitrogens with zero attached hydrogens (tertiary/aromatic N) is 1. The third-order valence-corrected chi connectivity index (χ3v) is 4.09. The summed E-state index contributed by atoms with van der Waals surface area (Å²) in [6.07, 6.45) is 0.956. The van der Waals surface area contributed by atoms with Crippen LogP contribution in [-0.2, 0) is 0 Å². The van der Waals surface area contributed by atoms with Crippen molar-refractivity contribution in [3.63, 3.8) is 0 Å². The number of fused-ring (bicyclic) bond motifs is 1. The Bertz CT molecular complexity index is 493. The number of aromatic nitrogens is 1. The smallest absolute Gasteiger partial charge is 0.111 e. The van der Waals surface area contributed by atoms with Crippen LogP contribution in [0.1, 0.15) is 31.3 Å². The minimum atomic E-state index is 0.0217. The van der Waals surface area contributed by atoms with Crippen LogP contribution in [-0.4, -0.2) is 4.98 Å². The third kappa shape index (κ3) is 2.37. The topological polar surface area (TPSA) is 38.9 Å². The predicted molar refractivity (Wildman–Crippen MR) is 71.0 cm³/mol. The lowest BCUT2D eigenvalue weighted by Gasteiger charge is -2.10. The highest BCUT2D eigenvalue weighted by atomic mass is 35.5. The van der Waals surface area contributed by atoms with E-state index in [1.165, 1.54) is 0 Å². The first kappa shape index (κ1) is 11.8. The van der Waals surface area contributed by atoms with Crippen LogP contribution in [0.25, 0.3) is 10.2 Å². The summed E-state index contributed by atoms with van der Waals surface area (Å²) in [5, 5.41) is 1.75. The van der Waals surface area contributed by atoms with Crippen LogP contribution in [0.15, 0.2) is 18.2 Å². The van der Waals surface area contributed by atoms with Gasteiger partial charge in [0.1, 0.15) is 5.01 Å². The molecule has 0 saturated heterocycles. The summed E-state index contributed by atoms with van der Waals surface area (Å²) >= 11 is 7.72. The molecule has 0 aliphatic carbocycles. The molecular weight excluding hydrogens is 240 g/mol. The first-order valence-electron chi connectivity index (χ1n) is 5.38. The first-order chi connectivity index (χ1) is 7.58. The molecule has 1 heterocycles. The average molecular weight is 255 g/mol. The molecule has 1 aromatic heterocycles. The monoisotopic (exact) mass is 254 g/mol. The van der Waals surface area contributed by atoms with Crippen molar-refractivity contribution in [2.75, 3.05) is 0 Å². The summed E-state index contributed by atoms with van der Waals surface area (Å²) in [7, 11) is 0. The van der Waals surface area contributed by atoms with Gasteiger partial charge in [-0.25, -0.2) is 4.98 Å². The Labute approximate surface area is 104 Å². The second kappa shape index (κ2) is 4.70. The summed E-state index contributed by atoms with van der Waals surface area (Å²) in [6, 6.07) is 5.80. The molecule has 1 aromatic carbocycles. The first-order valence-corrected chi connectivity index (χ1v) is 6.58. The molecule has 0 bridgehead atoms. The van der Waals surface area contributed by atoms with Gasteiger partial charge in [-0.1, -0.05) is 31.5 Å². The molecule has 0 spiro atoms. The third-order valence-electron chi connectivity index (χ3n) is 2.43. The zero-order valence-corrected chi connectivity index (χ0v) is 11.0. The summed E-state index contributed by atoms with van der Waals surface area (Å²) in [5.41, 5.74) is 7.07. The molecule has 0 aliphatic rings. The highest BCUT2D eigenvalue weighted by molar-refractivity contribution is 7.19. The Balaban J connectivity index is 2.36. The standard InChI is InChI=1S/C12H15ClN2S/c1-7(2)6-9(14)12-15-10-5-3-4-8(13)11(10)16-12/h3-5,7,9H,6,14H2,1-2H3. The molecule has 0 aliphatic heterocycles. The fourth-order valence-electron chi connectivity index (χ4n) is 1.70. The molecule has 0 radical (unpaired) electrons. The van der Waals surface area contributed by atoms with Gasteiger partial charge in [-0.2, -0.15) is 0 Å². The molecule has 86 valence electrons. The van der Waals surface area contributed by atoms with Crippen molar-refractivity contribution in [1.29, 1.82) is 0 Å². The van der Waals surface area contributed by atoms with Crippen molar-refractivity contribution in [3.05, 3.63) is 28.2 Å². The highest BCUT2D eigenvalue weighted by Crippen LogP contribution is 2.32. The van der Waals surface area contributed by atoms with Gasteiger partial charge in [0, 0.05) is 0 Å². The Morgan fingerprint density at radius 3 is 2.81 bits per heavy atom. The number of nitrogens with two attached hydrogens (primary N) is 1. The fourth-order valence-corrected chi connectivity index (χ4v) is 2.97. The van der Waals surface area contributed by atoms with E-state index >= 15 is 0 Å². The highest BCUT2D eigenvalue weighted by Gasteiger charge is 2.14. The van der Waals surface area contributed by atoms with E-state index in [9.17, 15) is 0 Å². The van der Waals surface area contributed by atoms with Crippen LogP contribution in [0.3, 0.4) is 0 Å². The van der Waals surface area contributed by atoms with E-state index in [0.717, 1.165) is 26.7 Å². The molecule has 2 nitrogen and oxygen atoms in total. The van der Waals surface area contributed by atoms with Gasteiger partial charge in [0.15, 0.2) is 0 Å². The van der Waals surface area contributed by atoms with Crippen LogP contribution >= 0.6 is 22.9 Å². The van der Waals surface area contributed by atoms with E-state index < -0.39 is 0 Å². The summed E-state index contributed by atoms with van der Waals surface area (Å²) in [6.45, 7) is 4.33. The lowest BCUT2D eigenvalue weighted by molar-refractivity contribution is 0.509. The largest absolute Gasteiger partial charge is 0.322 e. The molecule has 2 rings (SSSR count). The van der Waals surface area contributed by atoms with Crippen LogP contribution in [0.5, 0.6) is 0 Å². The zero-order chi connectivity index (χ0) is 11.7. The van der Waals surface area contributed by atoms with E-state index in [0.29, 0.717) is 5.92 Å². The Morgan fingerprint density at radius 1 is 1.44 bits per heavy atom. The molecule has 2 N–H and O–H groups in total. The molecule has 2 aromatic rings. The number of hydrogen-bond donors (Lipinski definition) is 1. The molecule has 0 saturated carbocycles. The predicted octanol–water partition coefficient (Wildman–Crippen LogP) is 4.00. The van der Waals surface area contributed by atoms with Crippen LogP contribution < -0.4 is 5.73 Å². The van der Waals surface area contributed by atoms with Gasteiger partial charge in [0.2, 0.25) is 0 Å². The Hall–Kier alpha value is -0.640. The lowest BCUT2D eigenvalue weighted by Crippen LogP contribution is -2.12. The minimum absolute atomic E-state index is 0.0217.